The van der Waals surface area contributed by atoms with Crippen LogP contribution in [0.1, 0.15) is 6.42 Å². The molecule has 7 heteroatoms. The van der Waals surface area contributed by atoms with Crippen LogP contribution >= 0.6 is 34.2 Å². The van der Waals surface area contributed by atoms with Crippen LogP contribution in [-0.2, 0) is 11.3 Å². The number of nitrogens with one attached hydrogen (secondary N) is 1. The van der Waals surface area contributed by atoms with Crippen LogP contribution < -0.4 is 5.32 Å². The van der Waals surface area contributed by atoms with Crippen molar-refractivity contribution in [3.05, 3.63) is 39.4 Å². The van der Waals surface area contributed by atoms with Crippen molar-refractivity contribution in [1.82, 2.24) is 14.8 Å². The van der Waals surface area contributed by atoms with E-state index in [9.17, 15) is 4.79 Å². The maximum absolute atomic E-state index is 11.7. The fourth-order valence-electron chi connectivity index (χ4n) is 1.37. The maximum Gasteiger partial charge on any atom is 0.226 e. The number of rotatable bonds is 4. The van der Waals surface area contributed by atoms with E-state index in [4.69, 9.17) is 11.6 Å². The van der Waals surface area contributed by atoms with Gasteiger partial charge >= 0.3 is 0 Å². The lowest BCUT2D eigenvalue weighted by Gasteiger charge is -2.07. The molecule has 2 rings (SSSR count). The molecule has 2 aromatic rings. The zero-order valence-corrected chi connectivity index (χ0v) is 12.2. The van der Waals surface area contributed by atoms with E-state index in [0.717, 1.165) is 3.57 Å². The van der Waals surface area contributed by atoms with Gasteiger partial charge in [-0.25, -0.2) is 4.98 Å². The topological polar surface area (TPSA) is 59.8 Å². The molecule has 0 aliphatic carbocycles. The Kier molecular flexibility index (Phi) is 4.54. The third kappa shape index (κ3) is 3.67. The van der Waals surface area contributed by atoms with Gasteiger partial charge in [0, 0.05) is 9.99 Å². The van der Waals surface area contributed by atoms with Crippen LogP contribution in [0.2, 0.25) is 5.02 Å². The van der Waals surface area contributed by atoms with Crippen LogP contribution in [-0.4, -0.2) is 20.7 Å². The van der Waals surface area contributed by atoms with E-state index in [0.29, 0.717) is 23.7 Å². The molecule has 1 heterocycles. The minimum atomic E-state index is -0.103. The molecule has 0 saturated heterocycles. The van der Waals surface area contributed by atoms with Crippen LogP contribution in [0.25, 0.3) is 0 Å². The van der Waals surface area contributed by atoms with Crippen molar-refractivity contribution in [2.75, 3.05) is 5.32 Å². The second kappa shape index (κ2) is 6.14. The highest BCUT2D eigenvalue weighted by Crippen LogP contribution is 2.23. The third-order valence-corrected chi connectivity index (χ3v) is 3.22. The van der Waals surface area contributed by atoms with E-state index in [-0.39, 0.29) is 5.91 Å². The molecule has 1 N–H and O–H groups in total. The monoisotopic (exact) mass is 376 g/mol. The molecule has 0 aliphatic heterocycles. The van der Waals surface area contributed by atoms with Gasteiger partial charge in [-0.15, -0.1) is 0 Å². The molecular formula is C11H10ClIN4O. The molecular weight excluding hydrogens is 367 g/mol. The smallest absolute Gasteiger partial charge is 0.226 e. The molecule has 0 aliphatic rings. The lowest BCUT2D eigenvalue weighted by Crippen LogP contribution is -2.15. The molecule has 0 bridgehead atoms. The lowest BCUT2D eigenvalue weighted by atomic mass is 10.3. The van der Waals surface area contributed by atoms with Gasteiger partial charge in [-0.1, -0.05) is 11.6 Å². The van der Waals surface area contributed by atoms with Gasteiger partial charge in [0.1, 0.15) is 12.7 Å². The summed E-state index contributed by atoms with van der Waals surface area (Å²) in [6.45, 7) is 0.494. The molecule has 0 spiro atoms. The van der Waals surface area contributed by atoms with E-state index in [2.05, 4.69) is 38.0 Å². The Morgan fingerprint density at radius 2 is 2.33 bits per heavy atom. The number of hydrogen-bond donors (Lipinski definition) is 1. The van der Waals surface area contributed by atoms with Gasteiger partial charge in [0.2, 0.25) is 5.91 Å². The molecule has 0 atom stereocenters. The number of carbonyl (C=O) groups excluding carboxylic acids is 1. The van der Waals surface area contributed by atoms with Gasteiger partial charge in [0.25, 0.3) is 0 Å². The van der Waals surface area contributed by atoms with Crippen molar-refractivity contribution in [1.29, 1.82) is 0 Å². The Labute approximate surface area is 123 Å². The van der Waals surface area contributed by atoms with Crippen LogP contribution in [0, 0.1) is 3.57 Å². The number of benzene rings is 1. The number of amides is 1. The standard InChI is InChI=1S/C11H10ClIN4O/c12-9-5-8(13)1-2-10(9)16-11(18)3-4-17-7-14-6-15-17/h1-2,5-7H,3-4H2,(H,16,18). The summed E-state index contributed by atoms with van der Waals surface area (Å²) in [5.41, 5.74) is 0.626. The number of halogens is 2. The predicted octanol–water partition coefficient (Wildman–Crippen LogP) is 2.56. The summed E-state index contributed by atoms with van der Waals surface area (Å²) in [5.74, 6) is -0.103. The van der Waals surface area contributed by atoms with Crippen LogP contribution in [0.4, 0.5) is 5.69 Å². The highest BCUT2D eigenvalue weighted by Gasteiger charge is 2.06. The first-order valence-electron chi connectivity index (χ1n) is 5.22. The van der Waals surface area contributed by atoms with Crippen molar-refractivity contribution in [3.63, 3.8) is 0 Å². The predicted molar refractivity (Wildman–Crippen MR) is 77.4 cm³/mol. The lowest BCUT2D eigenvalue weighted by molar-refractivity contribution is -0.116. The first-order valence-corrected chi connectivity index (χ1v) is 6.68. The maximum atomic E-state index is 11.7. The fraction of sp³-hybridized carbons (Fsp3) is 0.182. The Morgan fingerprint density at radius 3 is 3.00 bits per heavy atom. The number of nitrogens with zero attached hydrogens (tertiary/aromatic N) is 3. The Hall–Kier alpha value is -1.15. The fourth-order valence-corrected chi connectivity index (χ4v) is 2.27. The average molecular weight is 377 g/mol. The van der Waals surface area contributed by atoms with Crippen molar-refractivity contribution in [3.8, 4) is 0 Å². The molecule has 1 aromatic heterocycles. The van der Waals surface area contributed by atoms with Crippen molar-refractivity contribution >= 4 is 45.8 Å². The zero-order valence-electron chi connectivity index (χ0n) is 9.31. The Morgan fingerprint density at radius 1 is 1.50 bits per heavy atom. The first-order chi connectivity index (χ1) is 8.65. The molecule has 0 fully saturated rings. The van der Waals surface area contributed by atoms with Gasteiger partial charge < -0.3 is 5.32 Å². The van der Waals surface area contributed by atoms with Crippen molar-refractivity contribution < 1.29 is 4.79 Å². The molecule has 1 amide bonds. The minimum absolute atomic E-state index is 0.103. The number of aryl methyl sites for hydroxylation is 1. The second-order valence-electron chi connectivity index (χ2n) is 3.58. The third-order valence-electron chi connectivity index (χ3n) is 2.24. The van der Waals surface area contributed by atoms with Crippen molar-refractivity contribution in [2.24, 2.45) is 0 Å². The van der Waals surface area contributed by atoms with Crippen LogP contribution in [0.5, 0.6) is 0 Å². The van der Waals surface area contributed by atoms with Crippen LogP contribution in [0.3, 0.4) is 0 Å². The SMILES string of the molecule is O=C(CCn1cncn1)Nc1ccc(I)cc1Cl. The van der Waals surface area contributed by atoms with Gasteiger partial charge in [-0.2, -0.15) is 5.10 Å². The zero-order chi connectivity index (χ0) is 13.0. The highest BCUT2D eigenvalue weighted by molar-refractivity contribution is 14.1. The number of aromatic nitrogens is 3. The van der Waals surface area contributed by atoms with Gasteiger partial charge in [-0.3, -0.25) is 9.48 Å². The second-order valence-corrected chi connectivity index (χ2v) is 5.23. The molecule has 0 saturated carbocycles. The van der Waals surface area contributed by atoms with Gasteiger partial charge in [-0.05, 0) is 40.8 Å². The van der Waals surface area contributed by atoms with Gasteiger partial charge in [0.15, 0.2) is 0 Å². The van der Waals surface area contributed by atoms with Gasteiger partial charge in [0.05, 0.1) is 17.3 Å². The normalized spacial score (nSPS) is 10.3. The first kappa shape index (κ1) is 13.3. The minimum Gasteiger partial charge on any atom is -0.325 e. The summed E-state index contributed by atoms with van der Waals surface area (Å²) in [6, 6.07) is 5.48. The molecule has 1 aromatic carbocycles. The van der Waals surface area contributed by atoms with E-state index < -0.39 is 0 Å². The summed E-state index contributed by atoms with van der Waals surface area (Å²) in [7, 11) is 0. The summed E-state index contributed by atoms with van der Waals surface area (Å²) in [5, 5.41) is 7.22. The molecule has 5 nitrogen and oxygen atoms in total. The van der Waals surface area contributed by atoms with E-state index in [1.54, 1.807) is 23.1 Å². The molecule has 0 radical (unpaired) electrons. The number of anilines is 1. The summed E-state index contributed by atoms with van der Waals surface area (Å²) in [6.07, 6.45) is 3.34. The molecule has 0 unspecified atom stereocenters. The van der Waals surface area contributed by atoms with E-state index in [1.807, 2.05) is 6.07 Å². The quantitative estimate of drug-likeness (QED) is 0.834. The number of carbonyl (C=O) groups is 1. The highest BCUT2D eigenvalue weighted by atomic mass is 127. The van der Waals surface area contributed by atoms with Crippen LogP contribution in [0.15, 0.2) is 30.9 Å². The summed E-state index contributed by atoms with van der Waals surface area (Å²) < 4.78 is 2.63. The summed E-state index contributed by atoms with van der Waals surface area (Å²) in [4.78, 5) is 15.5. The van der Waals surface area contributed by atoms with E-state index >= 15 is 0 Å². The Bertz CT molecular complexity index is 544. The van der Waals surface area contributed by atoms with Crippen molar-refractivity contribution in [2.45, 2.75) is 13.0 Å². The average Bonchev–Trinajstić information content (AvgIpc) is 2.83. The van der Waals surface area contributed by atoms with E-state index in [1.165, 1.54) is 6.33 Å². The Balaban J connectivity index is 1.91. The molecule has 18 heavy (non-hydrogen) atoms. The largest absolute Gasteiger partial charge is 0.325 e. The molecule has 94 valence electrons. The summed E-state index contributed by atoms with van der Waals surface area (Å²) >= 11 is 8.19. The number of hydrogen-bond acceptors (Lipinski definition) is 3.